The minimum atomic E-state index is -0.794. The number of aromatic amines is 1. The Labute approximate surface area is 193 Å². The molecule has 33 heavy (non-hydrogen) atoms. The summed E-state index contributed by atoms with van der Waals surface area (Å²) in [6, 6.07) is 15.6. The number of aliphatic hydroxyl groups excluding tert-OH is 2. The first-order valence-electron chi connectivity index (χ1n) is 10.3. The molecule has 0 saturated carbocycles. The monoisotopic (exact) mass is 459 g/mol. The summed E-state index contributed by atoms with van der Waals surface area (Å²) in [5.41, 5.74) is 6.99. The lowest BCUT2D eigenvalue weighted by atomic mass is 10.1. The van der Waals surface area contributed by atoms with Gasteiger partial charge in [0.15, 0.2) is 5.82 Å². The lowest BCUT2D eigenvalue weighted by Gasteiger charge is -2.14. The quantitative estimate of drug-likeness (QED) is 0.236. The fourth-order valence-electron chi connectivity index (χ4n) is 3.50. The smallest absolute Gasteiger partial charge is 0.159 e. The van der Waals surface area contributed by atoms with Gasteiger partial charge in [-0.15, -0.1) is 11.3 Å². The molecule has 0 bridgehead atoms. The number of thiazole rings is 1. The highest BCUT2D eigenvalue weighted by atomic mass is 32.1. The van der Waals surface area contributed by atoms with Gasteiger partial charge in [-0.1, -0.05) is 12.1 Å². The SMILES string of the molecule is OC[C@@H](O)Cc1cccc(Nc2cc(Nc3ccc4ncsc4c3)ncc2-c2ncn[nH]2)c1. The van der Waals surface area contributed by atoms with Crippen LogP contribution in [0.25, 0.3) is 21.6 Å². The van der Waals surface area contributed by atoms with Gasteiger partial charge in [-0.2, -0.15) is 5.10 Å². The zero-order chi connectivity index (χ0) is 22.6. The molecule has 5 rings (SSSR count). The average Bonchev–Trinajstić information content (AvgIpc) is 3.51. The number of H-pyrrole nitrogens is 1. The molecule has 0 aliphatic rings. The van der Waals surface area contributed by atoms with Crippen molar-refractivity contribution in [3.8, 4) is 11.4 Å². The number of nitrogens with zero attached hydrogens (tertiary/aromatic N) is 4. The maximum Gasteiger partial charge on any atom is 0.159 e. The molecule has 0 saturated heterocycles. The van der Waals surface area contributed by atoms with Gasteiger partial charge in [0.1, 0.15) is 12.1 Å². The van der Waals surface area contributed by atoms with Crippen molar-refractivity contribution < 1.29 is 10.2 Å². The number of pyridine rings is 1. The van der Waals surface area contributed by atoms with Crippen LogP contribution in [0.5, 0.6) is 0 Å². The van der Waals surface area contributed by atoms with E-state index in [2.05, 4.69) is 35.8 Å². The molecule has 0 aliphatic carbocycles. The largest absolute Gasteiger partial charge is 0.394 e. The number of fused-ring (bicyclic) bond motifs is 1. The highest BCUT2D eigenvalue weighted by Crippen LogP contribution is 2.31. The molecule has 5 aromatic rings. The van der Waals surface area contributed by atoms with E-state index < -0.39 is 6.10 Å². The van der Waals surface area contributed by atoms with E-state index in [9.17, 15) is 5.11 Å². The van der Waals surface area contributed by atoms with Crippen molar-refractivity contribution in [2.45, 2.75) is 12.5 Å². The molecule has 0 aliphatic heterocycles. The van der Waals surface area contributed by atoms with Gasteiger partial charge >= 0.3 is 0 Å². The second-order valence-electron chi connectivity index (χ2n) is 7.47. The van der Waals surface area contributed by atoms with E-state index in [1.54, 1.807) is 17.5 Å². The highest BCUT2D eigenvalue weighted by Gasteiger charge is 2.12. The molecule has 3 aromatic heterocycles. The predicted octanol–water partition coefficient (Wildman–Crippen LogP) is 3.86. The molecule has 9 nitrogen and oxygen atoms in total. The number of benzene rings is 2. The van der Waals surface area contributed by atoms with Crippen molar-refractivity contribution in [1.82, 2.24) is 25.1 Å². The fraction of sp³-hybridized carbons (Fsp3) is 0.130. The van der Waals surface area contributed by atoms with Crippen LogP contribution in [-0.2, 0) is 6.42 Å². The van der Waals surface area contributed by atoms with Crippen LogP contribution in [0.15, 0.2) is 66.6 Å². The third-order valence-electron chi connectivity index (χ3n) is 5.07. The van der Waals surface area contributed by atoms with E-state index in [0.717, 1.165) is 38.4 Å². The van der Waals surface area contributed by atoms with Crippen LogP contribution >= 0.6 is 11.3 Å². The van der Waals surface area contributed by atoms with Gasteiger partial charge < -0.3 is 20.8 Å². The molecule has 10 heteroatoms. The Kier molecular flexibility index (Phi) is 5.94. The van der Waals surface area contributed by atoms with Crippen LogP contribution < -0.4 is 10.6 Å². The first kappa shape index (κ1) is 21.0. The molecule has 0 unspecified atom stereocenters. The second kappa shape index (κ2) is 9.33. The summed E-state index contributed by atoms with van der Waals surface area (Å²) in [4.78, 5) is 13.1. The third kappa shape index (κ3) is 4.82. The van der Waals surface area contributed by atoms with Gasteiger partial charge in [0.25, 0.3) is 0 Å². The molecule has 0 amide bonds. The van der Waals surface area contributed by atoms with Gasteiger partial charge in [-0.05, 0) is 35.9 Å². The van der Waals surface area contributed by atoms with Crippen LogP contribution in [-0.4, -0.2) is 48.1 Å². The normalized spacial score (nSPS) is 12.1. The number of aliphatic hydroxyl groups is 2. The maximum absolute atomic E-state index is 9.78. The number of hydrogen-bond acceptors (Lipinski definition) is 9. The summed E-state index contributed by atoms with van der Waals surface area (Å²) in [7, 11) is 0. The van der Waals surface area contributed by atoms with E-state index in [1.165, 1.54) is 6.33 Å². The Morgan fingerprint density at radius 3 is 2.76 bits per heavy atom. The van der Waals surface area contributed by atoms with E-state index in [-0.39, 0.29) is 6.61 Å². The molecule has 166 valence electrons. The van der Waals surface area contributed by atoms with Gasteiger partial charge in [-0.3, -0.25) is 5.10 Å². The fourth-order valence-corrected chi connectivity index (χ4v) is 4.22. The van der Waals surface area contributed by atoms with E-state index in [4.69, 9.17) is 5.11 Å². The zero-order valence-corrected chi connectivity index (χ0v) is 18.3. The van der Waals surface area contributed by atoms with Crippen LogP contribution in [0.1, 0.15) is 5.56 Å². The van der Waals surface area contributed by atoms with Crippen LogP contribution in [0.4, 0.5) is 22.9 Å². The van der Waals surface area contributed by atoms with E-state index in [1.807, 2.05) is 54.0 Å². The predicted molar refractivity (Wildman–Crippen MR) is 129 cm³/mol. The molecule has 0 fully saturated rings. The maximum atomic E-state index is 9.78. The van der Waals surface area contributed by atoms with Gasteiger partial charge in [-0.25, -0.2) is 15.0 Å². The van der Waals surface area contributed by atoms with Crippen molar-refractivity contribution in [2.24, 2.45) is 0 Å². The lowest BCUT2D eigenvalue weighted by Crippen LogP contribution is -2.15. The summed E-state index contributed by atoms with van der Waals surface area (Å²) in [6.07, 6.45) is 2.75. The minimum Gasteiger partial charge on any atom is -0.394 e. The number of rotatable bonds is 8. The van der Waals surface area contributed by atoms with Gasteiger partial charge in [0.05, 0.1) is 39.7 Å². The van der Waals surface area contributed by atoms with Crippen molar-refractivity contribution in [3.05, 3.63) is 72.1 Å². The Bertz CT molecular complexity index is 1370. The van der Waals surface area contributed by atoms with Gasteiger partial charge in [0.2, 0.25) is 0 Å². The lowest BCUT2D eigenvalue weighted by molar-refractivity contribution is 0.0955. The van der Waals surface area contributed by atoms with Crippen LogP contribution in [0.3, 0.4) is 0 Å². The van der Waals surface area contributed by atoms with Crippen molar-refractivity contribution >= 4 is 44.4 Å². The van der Waals surface area contributed by atoms with E-state index in [0.29, 0.717) is 18.1 Å². The summed E-state index contributed by atoms with van der Waals surface area (Å²) in [5.74, 6) is 1.26. The molecule has 2 aromatic carbocycles. The Morgan fingerprint density at radius 2 is 1.91 bits per heavy atom. The molecule has 0 radical (unpaired) electrons. The first-order valence-corrected chi connectivity index (χ1v) is 11.2. The minimum absolute atomic E-state index is 0.278. The number of hydrogen-bond donors (Lipinski definition) is 5. The van der Waals surface area contributed by atoms with Crippen LogP contribution in [0, 0.1) is 0 Å². The summed E-state index contributed by atoms with van der Waals surface area (Å²) >= 11 is 1.59. The van der Waals surface area contributed by atoms with Crippen molar-refractivity contribution in [2.75, 3.05) is 17.2 Å². The summed E-state index contributed by atoms with van der Waals surface area (Å²) < 4.78 is 1.10. The Hall–Kier alpha value is -3.86. The third-order valence-corrected chi connectivity index (χ3v) is 5.86. The molecule has 3 heterocycles. The Balaban J connectivity index is 1.46. The second-order valence-corrected chi connectivity index (χ2v) is 8.36. The first-order chi connectivity index (χ1) is 16.2. The standard InChI is InChI=1S/C23H21N7O2S/c31-11-17(32)7-14-2-1-3-15(6-14)28-20-9-22(24-10-18(20)23-25-12-27-30-23)29-16-4-5-19-21(8-16)33-13-26-19/h1-6,8-10,12-13,17,31-32H,7,11H2,(H2,24,28,29)(H,25,27,30)/t17-/m0/s1. The Morgan fingerprint density at radius 1 is 1.00 bits per heavy atom. The number of nitrogens with one attached hydrogen (secondary N) is 3. The topological polar surface area (TPSA) is 132 Å². The molecule has 5 N–H and O–H groups in total. The summed E-state index contributed by atoms with van der Waals surface area (Å²) in [6.45, 7) is -0.278. The van der Waals surface area contributed by atoms with Crippen molar-refractivity contribution in [1.29, 1.82) is 0 Å². The molecule has 0 spiro atoms. The average molecular weight is 460 g/mol. The van der Waals surface area contributed by atoms with E-state index >= 15 is 0 Å². The van der Waals surface area contributed by atoms with Crippen molar-refractivity contribution in [3.63, 3.8) is 0 Å². The van der Waals surface area contributed by atoms with Crippen LogP contribution in [0.2, 0.25) is 0 Å². The summed E-state index contributed by atoms with van der Waals surface area (Å²) in [5, 5.41) is 32.5. The van der Waals surface area contributed by atoms with Gasteiger partial charge in [0, 0.05) is 30.1 Å². The molecule has 1 atom stereocenters. The zero-order valence-electron chi connectivity index (χ0n) is 17.4. The molecular weight excluding hydrogens is 438 g/mol. The number of aromatic nitrogens is 5. The molecular formula is C23H21N7O2S. The highest BCUT2D eigenvalue weighted by molar-refractivity contribution is 7.16. The number of anilines is 4.